The van der Waals surface area contributed by atoms with Crippen molar-refractivity contribution in [1.82, 2.24) is 0 Å². The van der Waals surface area contributed by atoms with Crippen LogP contribution in [0.2, 0.25) is 0 Å². The molecule has 1 unspecified atom stereocenters. The Balaban J connectivity index is 4.30. The third-order valence-corrected chi connectivity index (χ3v) is 11.1. The molecule has 0 aromatic rings. The van der Waals surface area contributed by atoms with Gasteiger partial charge >= 0.3 is 17.9 Å². The van der Waals surface area contributed by atoms with Crippen LogP contribution in [0.4, 0.5) is 0 Å². The lowest BCUT2D eigenvalue weighted by molar-refractivity contribution is -0.167. The number of esters is 3. The molecule has 0 amide bonds. The fourth-order valence-electron chi connectivity index (χ4n) is 7.30. The highest BCUT2D eigenvalue weighted by molar-refractivity contribution is 5.71. The van der Waals surface area contributed by atoms with Crippen molar-refractivity contribution >= 4 is 17.9 Å². The Bertz CT molecular complexity index is 1000. The van der Waals surface area contributed by atoms with Gasteiger partial charge in [-0.05, 0) is 70.6 Å². The molecule has 1 atom stereocenters. The van der Waals surface area contributed by atoms with Crippen LogP contribution in [-0.4, -0.2) is 37.2 Å². The van der Waals surface area contributed by atoms with Crippen molar-refractivity contribution in [2.45, 2.75) is 271 Å². The fourth-order valence-corrected chi connectivity index (χ4v) is 7.30. The number of rotatable bonds is 46. The molecule has 0 aromatic heterocycles. The molecule has 0 heterocycles. The molecule has 0 saturated heterocycles. The van der Waals surface area contributed by atoms with Gasteiger partial charge in [-0.1, -0.05) is 211 Å². The first-order valence-corrected chi connectivity index (χ1v) is 25.5. The summed E-state index contributed by atoms with van der Waals surface area (Å²) in [4.78, 5) is 37.8. The second kappa shape index (κ2) is 48.3. The second-order valence-corrected chi connectivity index (χ2v) is 17.1. The molecule has 0 rings (SSSR count). The van der Waals surface area contributed by atoms with E-state index in [4.69, 9.17) is 14.2 Å². The average Bonchev–Trinajstić information content (AvgIpc) is 3.23. The summed E-state index contributed by atoms with van der Waals surface area (Å²) in [5.41, 5.74) is 0. The molecule has 0 aliphatic heterocycles. The van der Waals surface area contributed by atoms with Gasteiger partial charge in [0.1, 0.15) is 13.2 Å². The third kappa shape index (κ3) is 46.5. The van der Waals surface area contributed by atoms with Gasteiger partial charge in [0.15, 0.2) is 6.10 Å². The van der Waals surface area contributed by atoms with Crippen LogP contribution in [0.3, 0.4) is 0 Å². The van der Waals surface area contributed by atoms with E-state index < -0.39 is 6.10 Å². The molecule has 0 saturated carbocycles. The Morgan fingerprint density at radius 1 is 0.356 bits per heavy atom. The zero-order valence-corrected chi connectivity index (χ0v) is 39.3. The first kappa shape index (κ1) is 56.6. The summed E-state index contributed by atoms with van der Waals surface area (Å²) in [6.45, 7) is 6.52. The van der Waals surface area contributed by atoms with Gasteiger partial charge in [0.05, 0.1) is 0 Å². The van der Waals surface area contributed by atoms with Gasteiger partial charge in [-0.25, -0.2) is 0 Å². The van der Waals surface area contributed by atoms with Crippen molar-refractivity contribution in [2.24, 2.45) is 0 Å². The van der Waals surface area contributed by atoms with E-state index in [1.54, 1.807) is 0 Å². The second-order valence-electron chi connectivity index (χ2n) is 17.1. The number of ether oxygens (including phenoxy) is 3. The molecular formula is C53H96O6. The van der Waals surface area contributed by atoms with Gasteiger partial charge in [0.25, 0.3) is 0 Å². The Labute approximate surface area is 365 Å². The predicted molar refractivity (Wildman–Crippen MR) is 252 cm³/mol. The number of allylic oxidation sites excluding steroid dienone is 6. The monoisotopic (exact) mass is 829 g/mol. The smallest absolute Gasteiger partial charge is 0.306 e. The van der Waals surface area contributed by atoms with Crippen LogP contribution in [-0.2, 0) is 28.6 Å². The van der Waals surface area contributed by atoms with E-state index >= 15 is 0 Å². The molecule has 0 fully saturated rings. The zero-order valence-electron chi connectivity index (χ0n) is 39.3. The number of hydrogen-bond donors (Lipinski definition) is 0. The summed E-state index contributed by atoms with van der Waals surface area (Å²) in [7, 11) is 0. The van der Waals surface area contributed by atoms with E-state index in [9.17, 15) is 14.4 Å². The molecule has 6 heteroatoms. The van der Waals surface area contributed by atoms with Crippen molar-refractivity contribution in [1.29, 1.82) is 0 Å². The summed E-state index contributed by atoms with van der Waals surface area (Å²) < 4.78 is 16.7. The molecule has 59 heavy (non-hydrogen) atoms. The van der Waals surface area contributed by atoms with Gasteiger partial charge in [-0.3, -0.25) is 14.4 Å². The highest BCUT2D eigenvalue weighted by atomic mass is 16.6. The van der Waals surface area contributed by atoms with Gasteiger partial charge in [0, 0.05) is 19.3 Å². The SMILES string of the molecule is CC/C=C\C/C=C\CCCCCCCCCC(=O)OC(COC(=O)CCCCCCC/C=C\CCCCCCCCCCC)COC(=O)CCCCCCCCCCC. The molecular weight excluding hydrogens is 733 g/mol. The van der Waals surface area contributed by atoms with E-state index in [0.29, 0.717) is 19.3 Å². The lowest BCUT2D eigenvalue weighted by Crippen LogP contribution is -2.30. The maximum atomic E-state index is 12.8. The van der Waals surface area contributed by atoms with Gasteiger partial charge in [0.2, 0.25) is 0 Å². The average molecular weight is 829 g/mol. The van der Waals surface area contributed by atoms with E-state index in [1.807, 2.05) is 0 Å². The summed E-state index contributed by atoms with van der Waals surface area (Å²) in [6.07, 6.45) is 55.6. The largest absolute Gasteiger partial charge is 0.462 e. The third-order valence-electron chi connectivity index (χ3n) is 11.1. The predicted octanol–water partition coefficient (Wildman–Crippen LogP) is 16.5. The maximum absolute atomic E-state index is 12.8. The Hall–Kier alpha value is -2.37. The van der Waals surface area contributed by atoms with Crippen molar-refractivity contribution in [3.63, 3.8) is 0 Å². The molecule has 6 nitrogen and oxygen atoms in total. The van der Waals surface area contributed by atoms with Crippen LogP contribution >= 0.6 is 0 Å². The standard InChI is InChI=1S/C53H96O6/c1-4-7-10-13-16-19-21-23-25-26-27-28-30-31-34-37-40-43-46-52(55)58-49-50(48-57-51(54)45-42-39-36-33-18-15-12-9-6-3)59-53(56)47-44-41-38-35-32-29-24-22-20-17-14-11-8-5-2/h8,11,17,20,27-28,50H,4-7,9-10,12-16,18-19,21-26,29-49H2,1-3H3/b11-8-,20-17-,28-27-. The highest BCUT2D eigenvalue weighted by Crippen LogP contribution is 2.15. The number of unbranched alkanes of at least 4 members (excludes halogenated alkanes) is 29. The van der Waals surface area contributed by atoms with E-state index in [-0.39, 0.29) is 31.1 Å². The van der Waals surface area contributed by atoms with Crippen LogP contribution in [0.15, 0.2) is 36.5 Å². The van der Waals surface area contributed by atoms with Crippen molar-refractivity contribution < 1.29 is 28.6 Å². The summed E-state index contributed by atoms with van der Waals surface area (Å²) >= 11 is 0. The topological polar surface area (TPSA) is 78.9 Å². The minimum Gasteiger partial charge on any atom is -0.462 e. The summed E-state index contributed by atoms with van der Waals surface area (Å²) in [6, 6.07) is 0. The van der Waals surface area contributed by atoms with Crippen molar-refractivity contribution in [3.05, 3.63) is 36.5 Å². The van der Waals surface area contributed by atoms with E-state index in [2.05, 4.69) is 57.2 Å². The van der Waals surface area contributed by atoms with E-state index in [0.717, 1.165) is 83.5 Å². The maximum Gasteiger partial charge on any atom is 0.306 e. The molecule has 0 bridgehead atoms. The van der Waals surface area contributed by atoms with Crippen molar-refractivity contribution in [3.8, 4) is 0 Å². The van der Waals surface area contributed by atoms with Crippen LogP contribution in [0.1, 0.15) is 265 Å². The molecule has 344 valence electrons. The molecule has 0 aliphatic carbocycles. The molecule has 0 aromatic carbocycles. The molecule has 0 radical (unpaired) electrons. The molecule has 0 aliphatic rings. The first-order valence-electron chi connectivity index (χ1n) is 25.5. The highest BCUT2D eigenvalue weighted by Gasteiger charge is 2.19. The van der Waals surface area contributed by atoms with Gasteiger partial charge in [-0.15, -0.1) is 0 Å². The minimum absolute atomic E-state index is 0.0758. The fraction of sp³-hybridized carbons (Fsp3) is 0.830. The summed E-state index contributed by atoms with van der Waals surface area (Å²) in [5, 5.41) is 0. The Morgan fingerprint density at radius 3 is 1.03 bits per heavy atom. The van der Waals surface area contributed by atoms with Crippen LogP contribution in [0, 0.1) is 0 Å². The molecule has 0 spiro atoms. The van der Waals surface area contributed by atoms with Crippen LogP contribution in [0.25, 0.3) is 0 Å². The van der Waals surface area contributed by atoms with Crippen molar-refractivity contribution in [2.75, 3.05) is 13.2 Å². The lowest BCUT2D eigenvalue weighted by Gasteiger charge is -2.18. The Kier molecular flexibility index (Phi) is 46.4. The zero-order chi connectivity index (χ0) is 43.0. The van der Waals surface area contributed by atoms with E-state index in [1.165, 1.54) is 141 Å². The quantitative estimate of drug-likeness (QED) is 0.0263. The van der Waals surface area contributed by atoms with Gasteiger partial charge in [-0.2, -0.15) is 0 Å². The van der Waals surface area contributed by atoms with Crippen LogP contribution in [0.5, 0.6) is 0 Å². The Morgan fingerprint density at radius 2 is 0.661 bits per heavy atom. The first-order chi connectivity index (χ1) is 29.0. The molecule has 0 N–H and O–H groups in total. The number of hydrogen-bond acceptors (Lipinski definition) is 6. The summed E-state index contributed by atoms with van der Waals surface area (Å²) in [5.74, 6) is -0.888. The van der Waals surface area contributed by atoms with Gasteiger partial charge < -0.3 is 14.2 Å². The number of carbonyl (C=O) groups excluding carboxylic acids is 3. The minimum atomic E-state index is -0.774. The lowest BCUT2D eigenvalue weighted by atomic mass is 10.1. The van der Waals surface area contributed by atoms with Crippen LogP contribution < -0.4 is 0 Å². The number of carbonyl (C=O) groups is 3. The normalized spacial score (nSPS) is 12.3.